The fraction of sp³-hybridized carbons (Fsp3) is 0.542. The Morgan fingerprint density at radius 2 is 1.24 bits per heavy atom. The van der Waals surface area contributed by atoms with Crippen LogP contribution in [0.4, 0.5) is 0 Å². The van der Waals surface area contributed by atoms with Crippen molar-refractivity contribution in [1.82, 2.24) is 21.3 Å². The minimum atomic E-state index is -0.518. The zero-order valence-corrected chi connectivity index (χ0v) is 20.0. The molecular weight excluding hydrogens is 440 g/mol. The van der Waals surface area contributed by atoms with Gasteiger partial charge in [0.25, 0.3) is 0 Å². The quantitative estimate of drug-likeness (QED) is 0.202. The van der Waals surface area contributed by atoms with Gasteiger partial charge in [0.15, 0.2) is 0 Å². The van der Waals surface area contributed by atoms with Crippen LogP contribution >= 0.6 is 0 Å². The van der Waals surface area contributed by atoms with Crippen molar-refractivity contribution in [3.05, 3.63) is 35.4 Å². The lowest BCUT2D eigenvalue weighted by molar-refractivity contribution is -0.145. The van der Waals surface area contributed by atoms with E-state index in [4.69, 9.17) is 4.74 Å². The van der Waals surface area contributed by atoms with Crippen LogP contribution in [0.2, 0.25) is 0 Å². The van der Waals surface area contributed by atoms with Gasteiger partial charge in [0.05, 0.1) is 13.0 Å². The van der Waals surface area contributed by atoms with Gasteiger partial charge in [0.1, 0.15) is 6.61 Å². The van der Waals surface area contributed by atoms with Crippen LogP contribution in [0.15, 0.2) is 24.3 Å². The maximum atomic E-state index is 11.9. The summed E-state index contributed by atoms with van der Waals surface area (Å²) in [6, 6.07) is 8.24. The summed E-state index contributed by atoms with van der Waals surface area (Å²) in [5.74, 6) is -1.45. The molecule has 0 unspecified atom stereocenters. The summed E-state index contributed by atoms with van der Waals surface area (Å²) in [6.45, 7) is 2.77. The van der Waals surface area contributed by atoms with Crippen LogP contribution in [0.1, 0.15) is 49.7 Å². The van der Waals surface area contributed by atoms with Crippen LogP contribution in [0, 0.1) is 6.92 Å². The number of hydrogen-bond acceptors (Lipinski definition) is 6. The van der Waals surface area contributed by atoms with E-state index in [1.165, 1.54) is 18.2 Å². The summed E-state index contributed by atoms with van der Waals surface area (Å²) in [6.07, 6.45) is 2.06. The van der Waals surface area contributed by atoms with Crippen LogP contribution in [-0.2, 0) is 35.1 Å². The topological polar surface area (TPSA) is 143 Å². The maximum Gasteiger partial charge on any atom is 0.306 e. The molecule has 0 spiro atoms. The number of aryl methyl sites for hydroxylation is 2. The van der Waals surface area contributed by atoms with Crippen molar-refractivity contribution in [2.45, 2.75) is 51.9 Å². The van der Waals surface area contributed by atoms with Gasteiger partial charge in [0.2, 0.25) is 23.6 Å². The number of carbonyl (C=O) groups excluding carboxylic acids is 5. The number of amides is 4. The lowest BCUT2D eigenvalue weighted by atomic mass is 10.1. The molecule has 188 valence electrons. The first-order valence-corrected chi connectivity index (χ1v) is 11.5. The third-order valence-electron chi connectivity index (χ3n) is 4.86. The van der Waals surface area contributed by atoms with Crippen molar-refractivity contribution in [3.8, 4) is 0 Å². The van der Waals surface area contributed by atoms with Gasteiger partial charge in [-0.05, 0) is 25.3 Å². The Balaban J connectivity index is 1.99. The molecule has 0 aliphatic rings. The Hall–Kier alpha value is -3.43. The van der Waals surface area contributed by atoms with Gasteiger partial charge >= 0.3 is 5.97 Å². The summed E-state index contributed by atoms with van der Waals surface area (Å²) in [5.41, 5.74) is 2.41. The molecule has 0 saturated carbocycles. The zero-order chi connectivity index (χ0) is 25.2. The molecule has 0 saturated heterocycles. The van der Waals surface area contributed by atoms with Crippen LogP contribution in [0.3, 0.4) is 0 Å². The molecule has 4 amide bonds. The predicted octanol–water partition coefficient (Wildman–Crippen LogP) is 0.516. The second-order valence-corrected chi connectivity index (χ2v) is 7.78. The van der Waals surface area contributed by atoms with Crippen molar-refractivity contribution in [2.75, 3.05) is 33.3 Å². The number of ether oxygens (including phenoxy) is 1. The van der Waals surface area contributed by atoms with Crippen LogP contribution in [-0.4, -0.2) is 62.9 Å². The lowest BCUT2D eigenvalue weighted by Gasteiger charge is -2.08. The molecule has 0 aromatic heterocycles. The van der Waals surface area contributed by atoms with E-state index in [0.717, 1.165) is 12.8 Å². The van der Waals surface area contributed by atoms with Crippen molar-refractivity contribution >= 4 is 29.6 Å². The first-order chi connectivity index (χ1) is 16.3. The molecular formula is C24H36N4O6. The third kappa shape index (κ3) is 14.6. The highest BCUT2D eigenvalue weighted by Gasteiger charge is 2.09. The molecule has 1 aromatic carbocycles. The standard InChI is InChI=1S/C24H36N4O6/c1-18-6-8-19(9-7-18)4-3-5-21(30)26-14-15-27-22(31)10-11-23(32)28-16-17-34-24(33)13-12-20(29)25-2/h6-9H,3-5,10-17H2,1-2H3,(H,25,29)(H,26,30)(H,27,31)(H,28,32). The Kier molecular flexibility index (Phi) is 14.4. The highest BCUT2D eigenvalue weighted by molar-refractivity contribution is 5.84. The summed E-state index contributed by atoms with van der Waals surface area (Å²) in [7, 11) is 1.48. The number of nitrogens with one attached hydrogen (secondary N) is 4. The average molecular weight is 477 g/mol. The molecule has 34 heavy (non-hydrogen) atoms. The second kappa shape index (κ2) is 17.1. The molecule has 0 atom stereocenters. The normalized spacial score (nSPS) is 10.2. The van der Waals surface area contributed by atoms with Gasteiger partial charge in [-0.1, -0.05) is 29.8 Å². The maximum absolute atomic E-state index is 11.9. The third-order valence-corrected chi connectivity index (χ3v) is 4.86. The number of benzene rings is 1. The summed E-state index contributed by atoms with van der Waals surface area (Å²) < 4.78 is 4.90. The smallest absolute Gasteiger partial charge is 0.306 e. The number of rotatable bonds is 16. The van der Waals surface area contributed by atoms with Gasteiger partial charge in [-0.2, -0.15) is 0 Å². The van der Waals surface area contributed by atoms with E-state index in [1.54, 1.807) is 0 Å². The SMILES string of the molecule is CNC(=O)CCC(=O)OCCNC(=O)CCC(=O)NCCNC(=O)CCCc1ccc(C)cc1. The van der Waals surface area contributed by atoms with Gasteiger partial charge in [0, 0.05) is 45.8 Å². The van der Waals surface area contributed by atoms with E-state index in [9.17, 15) is 24.0 Å². The van der Waals surface area contributed by atoms with Gasteiger partial charge in [-0.15, -0.1) is 0 Å². The van der Waals surface area contributed by atoms with E-state index in [-0.39, 0.29) is 69.0 Å². The lowest BCUT2D eigenvalue weighted by Crippen LogP contribution is -2.35. The van der Waals surface area contributed by atoms with E-state index < -0.39 is 5.97 Å². The molecule has 0 fully saturated rings. The Morgan fingerprint density at radius 1 is 0.706 bits per heavy atom. The van der Waals surface area contributed by atoms with E-state index in [0.29, 0.717) is 13.0 Å². The van der Waals surface area contributed by atoms with Gasteiger partial charge in [-0.25, -0.2) is 0 Å². The minimum absolute atomic E-state index is 0.00181. The summed E-state index contributed by atoms with van der Waals surface area (Å²) >= 11 is 0. The molecule has 0 aliphatic carbocycles. The number of esters is 1. The van der Waals surface area contributed by atoms with Crippen molar-refractivity contribution in [1.29, 1.82) is 0 Å². The predicted molar refractivity (Wildman–Crippen MR) is 127 cm³/mol. The minimum Gasteiger partial charge on any atom is -0.464 e. The van der Waals surface area contributed by atoms with E-state index in [2.05, 4.69) is 45.5 Å². The fourth-order valence-electron chi connectivity index (χ4n) is 2.87. The Bertz CT molecular complexity index is 810. The first kappa shape index (κ1) is 28.6. The van der Waals surface area contributed by atoms with Crippen molar-refractivity contribution in [3.63, 3.8) is 0 Å². The first-order valence-electron chi connectivity index (χ1n) is 11.5. The number of carbonyl (C=O) groups is 5. The molecule has 0 bridgehead atoms. The van der Waals surface area contributed by atoms with Gasteiger partial charge < -0.3 is 26.0 Å². The summed E-state index contributed by atoms with van der Waals surface area (Å²) in [4.78, 5) is 57.9. The molecule has 10 heteroatoms. The van der Waals surface area contributed by atoms with Crippen LogP contribution < -0.4 is 21.3 Å². The van der Waals surface area contributed by atoms with E-state index in [1.807, 2.05) is 6.92 Å². The van der Waals surface area contributed by atoms with Gasteiger partial charge in [-0.3, -0.25) is 24.0 Å². The molecule has 0 aliphatic heterocycles. The number of hydrogen-bond donors (Lipinski definition) is 4. The largest absolute Gasteiger partial charge is 0.464 e. The van der Waals surface area contributed by atoms with Crippen LogP contribution in [0.25, 0.3) is 0 Å². The van der Waals surface area contributed by atoms with Crippen LogP contribution in [0.5, 0.6) is 0 Å². The molecule has 0 radical (unpaired) electrons. The fourth-order valence-corrected chi connectivity index (χ4v) is 2.87. The zero-order valence-electron chi connectivity index (χ0n) is 20.0. The monoisotopic (exact) mass is 476 g/mol. The van der Waals surface area contributed by atoms with Crippen molar-refractivity contribution < 1.29 is 28.7 Å². The average Bonchev–Trinajstić information content (AvgIpc) is 2.82. The van der Waals surface area contributed by atoms with Crippen molar-refractivity contribution in [2.24, 2.45) is 0 Å². The highest BCUT2D eigenvalue weighted by atomic mass is 16.5. The second-order valence-electron chi connectivity index (χ2n) is 7.78. The Labute approximate surface area is 200 Å². The highest BCUT2D eigenvalue weighted by Crippen LogP contribution is 2.07. The van der Waals surface area contributed by atoms with E-state index >= 15 is 0 Å². The molecule has 1 rings (SSSR count). The molecule has 4 N–H and O–H groups in total. The summed E-state index contributed by atoms with van der Waals surface area (Å²) in [5, 5.41) is 10.4. The molecule has 10 nitrogen and oxygen atoms in total. The Morgan fingerprint density at radius 3 is 1.82 bits per heavy atom. The molecule has 0 heterocycles. The molecule has 1 aromatic rings.